The maximum atomic E-state index is 12.7. The fourth-order valence-corrected chi connectivity index (χ4v) is 2.26. The van der Waals surface area contributed by atoms with E-state index in [0.717, 1.165) is 16.9 Å². The predicted molar refractivity (Wildman–Crippen MR) is 81.9 cm³/mol. The first-order valence-corrected chi connectivity index (χ1v) is 6.64. The highest BCUT2D eigenvalue weighted by atomic mass is 16.2. The highest BCUT2D eigenvalue weighted by Crippen LogP contribution is 2.22. The van der Waals surface area contributed by atoms with Gasteiger partial charge in [-0.2, -0.15) is 0 Å². The summed E-state index contributed by atoms with van der Waals surface area (Å²) < 4.78 is 0. The Morgan fingerprint density at radius 2 is 1.95 bits per heavy atom. The molecular weight excluding hydrogens is 250 g/mol. The summed E-state index contributed by atoms with van der Waals surface area (Å²) in [6.45, 7) is 6.39. The van der Waals surface area contributed by atoms with E-state index in [2.05, 4.69) is 4.98 Å². The number of carbonyl (C=O) groups is 1. The van der Waals surface area contributed by atoms with E-state index in [4.69, 9.17) is 5.73 Å². The molecule has 0 fully saturated rings. The van der Waals surface area contributed by atoms with Gasteiger partial charge in [-0.15, -0.1) is 0 Å². The molecular formula is C16H19N3O. The fraction of sp³-hybridized carbons (Fsp3) is 0.250. The van der Waals surface area contributed by atoms with Gasteiger partial charge in [-0.05, 0) is 44.5 Å². The van der Waals surface area contributed by atoms with Crippen LogP contribution in [0.3, 0.4) is 0 Å². The number of nitrogens with zero attached hydrogens (tertiary/aromatic N) is 2. The molecule has 0 aliphatic rings. The van der Waals surface area contributed by atoms with Gasteiger partial charge in [-0.3, -0.25) is 4.79 Å². The Labute approximate surface area is 119 Å². The molecule has 4 nitrogen and oxygen atoms in total. The van der Waals surface area contributed by atoms with Crippen LogP contribution in [0.2, 0.25) is 0 Å². The zero-order valence-electron chi connectivity index (χ0n) is 12.1. The number of aryl methyl sites for hydroxylation is 2. The molecule has 0 spiro atoms. The first-order valence-electron chi connectivity index (χ1n) is 6.64. The molecule has 2 N–H and O–H groups in total. The first-order chi connectivity index (χ1) is 9.52. The normalized spacial score (nSPS) is 10.3. The Balaban J connectivity index is 2.42. The SMILES string of the molecule is CCN(C(=O)c1cc(C)nc(N)c1)c1ccccc1C. The second kappa shape index (κ2) is 5.74. The van der Waals surface area contributed by atoms with Crippen molar-refractivity contribution < 1.29 is 4.79 Å². The number of nitrogens with two attached hydrogens (primary N) is 1. The molecule has 0 radical (unpaired) electrons. The standard InChI is InChI=1S/C16H19N3O/c1-4-19(14-8-6-5-7-11(14)2)16(20)13-9-12(3)18-15(17)10-13/h5-10H,4H2,1-3H3,(H2,17,18). The number of rotatable bonds is 3. The largest absolute Gasteiger partial charge is 0.384 e. The third-order valence-electron chi connectivity index (χ3n) is 3.19. The molecule has 104 valence electrons. The highest BCUT2D eigenvalue weighted by Gasteiger charge is 2.18. The number of aromatic nitrogens is 1. The maximum Gasteiger partial charge on any atom is 0.258 e. The van der Waals surface area contributed by atoms with Gasteiger partial charge in [0.15, 0.2) is 0 Å². The minimum atomic E-state index is -0.0565. The average molecular weight is 269 g/mol. The van der Waals surface area contributed by atoms with E-state index in [1.807, 2.05) is 45.0 Å². The van der Waals surface area contributed by atoms with E-state index in [-0.39, 0.29) is 5.91 Å². The number of hydrogen-bond acceptors (Lipinski definition) is 3. The Kier molecular flexibility index (Phi) is 4.03. The number of amides is 1. The van der Waals surface area contributed by atoms with Crippen molar-refractivity contribution in [3.63, 3.8) is 0 Å². The molecule has 2 rings (SSSR count). The van der Waals surface area contributed by atoms with E-state index < -0.39 is 0 Å². The molecule has 0 aliphatic heterocycles. The molecule has 1 amide bonds. The van der Waals surface area contributed by atoms with Crippen LogP contribution in [0.1, 0.15) is 28.5 Å². The number of hydrogen-bond donors (Lipinski definition) is 1. The Bertz CT molecular complexity index is 617. The third kappa shape index (κ3) is 2.79. The summed E-state index contributed by atoms with van der Waals surface area (Å²) in [6.07, 6.45) is 0. The number of carbonyl (C=O) groups excluding carboxylic acids is 1. The van der Waals surface area contributed by atoms with E-state index in [1.54, 1.807) is 17.0 Å². The first kappa shape index (κ1) is 14.1. The molecule has 0 saturated heterocycles. The van der Waals surface area contributed by atoms with Crippen LogP contribution < -0.4 is 10.6 Å². The average Bonchev–Trinajstić information content (AvgIpc) is 2.40. The molecule has 4 heteroatoms. The lowest BCUT2D eigenvalue weighted by Gasteiger charge is -2.23. The van der Waals surface area contributed by atoms with Gasteiger partial charge in [0.25, 0.3) is 5.91 Å². The number of anilines is 2. The minimum Gasteiger partial charge on any atom is -0.384 e. The Morgan fingerprint density at radius 1 is 1.25 bits per heavy atom. The summed E-state index contributed by atoms with van der Waals surface area (Å²) in [5.74, 6) is 0.313. The van der Waals surface area contributed by atoms with Gasteiger partial charge in [0.1, 0.15) is 5.82 Å². The second-order valence-corrected chi connectivity index (χ2v) is 4.76. The van der Waals surface area contributed by atoms with Crippen LogP contribution in [-0.4, -0.2) is 17.4 Å². The van der Waals surface area contributed by atoms with Crippen molar-refractivity contribution in [2.24, 2.45) is 0 Å². The van der Waals surface area contributed by atoms with Gasteiger partial charge < -0.3 is 10.6 Å². The van der Waals surface area contributed by atoms with Crippen LogP contribution in [0, 0.1) is 13.8 Å². The lowest BCUT2D eigenvalue weighted by molar-refractivity contribution is 0.0988. The van der Waals surface area contributed by atoms with Gasteiger partial charge in [-0.25, -0.2) is 4.98 Å². The lowest BCUT2D eigenvalue weighted by atomic mass is 10.1. The monoisotopic (exact) mass is 269 g/mol. The summed E-state index contributed by atoms with van der Waals surface area (Å²) in [6, 6.07) is 11.2. The molecule has 20 heavy (non-hydrogen) atoms. The zero-order chi connectivity index (χ0) is 14.7. The molecule has 1 aromatic heterocycles. The Hall–Kier alpha value is -2.36. The molecule has 0 aliphatic carbocycles. The molecule has 2 aromatic rings. The lowest BCUT2D eigenvalue weighted by Crippen LogP contribution is -2.31. The van der Waals surface area contributed by atoms with Crippen LogP contribution in [-0.2, 0) is 0 Å². The van der Waals surface area contributed by atoms with E-state index in [1.165, 1.54) is 0 Å². The minimum absolute atomic E-state index is 0.0565. The highest BCUT2D eigenvalue weighted by molar-refractivity contribution is 6.06. The van der Waals surface area contributed by atoms with Crippen LogP contribution in [0.5, 0.6) is 0 Å². The summed E-state index contributed by atoms with van der Waals surface area (Å²) in [5.41, 5.74) is 9.03. The third-order valence-corrected chi connectivity index (χ3v) is 3.19. The summed E-state index contributed by atoms with van der Waals surface area (Å²) in [5, 5.41) is 0. The van der Waals surface area contributed by atoms with Gasteiger partial charge in [0.2, 0.25) is 0 Å². The van der Waals surface area contributed by atoms with Gasteiger partial charge in [0.05, 0.1) is 0 Å². The van der Waals surface area contributed by atoms with Crippen LogP contribution in [0.15, 0.2) is 36.4 Å². The van der Waals surface area contributed by atoms with Gasteiger partial charge in [0, 0.05) is 23.5 Å². The summed E-state index contributed by atoms with van der Waals surface area (Å²) in [4.78, 5) is 18.5. The van der Waals surface area contributed by atoms with Crippen molar-refractivity contribution in [1.82, 2.24) is 4.98 Å². The Morgan fingerprint density at radius 3 is 2.55 bits per heavy atom. The van der Waals surface area contributed by atoms with Gasteiger partial charge >= 0.3 is 0 Å². The predicted octanol–water partition coefficient (Wildman–Crippen LogP) is 2.95. The second-order valence-electron chi connectivity index (χ2n) is 4.76. The number of pyridine rings is 1. The van der Waals surface area contributed by atoms with E-state index in [0.29, 0.717) is 17.9 Å². The van der Waals surface area contributed by atoms with E-state index in [9.17, 15) is 4.79 Å². The van der Waals surface area contributed by atoms with Crippen LogP contribution in [0.4, 0.5) is 11.5 Å². The molecule has 0 atom stereocenters. The van der Waals surface area contributed by atoms with Crippen molar-refractivity contribution in [2.75, 3.05) is 17.2 Å². The molecule has 1 heterocycles. The zero-order valence-corrected chi connectivity index (χ0v) is 12.1. The van der Waals surface area contributed by atoms with E-state index >= 15 is 0 Å². The topological polar surface area (TPSA) is 59.2 Å². The summed E-state index contributed by atoms with van der Waals surface area (Å²) >= 11 is 0. The molecule has 0 bridgehead atoms. The van der Waals surface area contributed by atoms with Crippen molar-refractivity contribution in [1.29, 1.82) is 0 Å². The smallest absolute Gasteiger partial charge is 0.258 e. The fourth-order valence-electron chi connectivity index (χ4n) is 2.26. The van der Waals surface area contributed by atoms with Crippen molar-refractivity contribution in [3.05, 3.63) is 53.2 Å². The van der Waals surface area contributed by atoms with Crippen molar-refractivity contribution in [2.45, 2.75) is 20.8 Å². The number of nitrogen functional groups attached to an aromatic ring is 1. The molecule has 1 aromatic carbocycles. The summed E-state index contributed by atoms with van der Waals surface area (Å²) in [7, 11) is 0. The van der Waals surface area contributed by atoms with Crippen LogP contribution in [0.25, 0.3) is 0 Å². The number of para-hydroxylation sites is 1. The number of benzene rings is 1. The van der Waals surface area contributed by atoms with Crippen molar-refractivity contribution in [3.8, 4) is 0 Å². The molecule has 0 saturated carbocycles. The maximum absolute atomic E-state index is 12.7. The van der Waals surface area contributed by atoms with Gasteiger partial charge in [-0.1, -0.05) is 18.2 Å². The van der Waals surface area contributed by atoms with Crippen LogP contribution >= 0.6 is 0 Å². The van der Waals surface area contributed by atoms with Crippen molar-refractivity contribution >= 4 is 17.4 Å². The quantitative estimate of drug-likeness (QED) is 0.932. The molecule has 0 unspecified atom stereocenters.